The van der Waals surface area contributed by atoms with Gasteiger partial charge in [0.1, 0.15) is 6.04 Å². The largest absolute Gasteiger partial charge is 0.481 e. The number of hydrogen-bond donors (Lipinski definition) is 3. The van der Waals surface area contributed by atoms with Gasteiger partial charge in [0.2, 0.25) is 11.8 Å². The van der Waals surface area contributed by atoms with Gasteiger partial charge in [-0.2, -0.15) is 0 Å². The van der Waals surface area contributed by atoms with Gasteiger partial charge in [-0.25, -0.2) is 0 Å². The van der Waals surface area contributed by atoms with E-state index in [1.807, 2.05) is 60.8 Å². The van der Waals surface area contributed by atoms with Crippen LogP contribution in [0.4, 0.5) is 0 Å². The number of aliphatic carboxylic acids is 1. The van der Waals surface area contributed by atoms with Crippen LogP contribution in [0.2, 0.25) is 0 Å². The predicted molar refractivity (Wildman–Crippen MR) is 137 cm³/mol. The standard InChI is InChI=1S/C28H33N3O5/c32-26(33)18-21(10-6-9-20-7-2-1-3-8-20)27(34)30-24-17-22-19-31(25-12-5-4-11-23(22)25)14-16-36-15-13-29-28(24)35/h1-5,7-8,11-12,19,21,24H,6,9-10,13-18H2,(H,29,35)(H,30,34)(H,32,33)/t21-,24+/m1/s1. The minimum absolute atomic E-state index is 0.276. The lowest BCUT2D eigenvalue weighted by Crippen LogP contribution is -2.50. The van der Waals surface area contributed by atoms with E-state index < -0.39 is 23.8 Å². The fraction of sp³-hybridized carbons (Fsp3) is 0.393. The molecule has 2 bridgehead atoms. The number of aryl methyl sites for hydroxylation is 1. The van der Waals surface area contributed by atoms with E-state index in [0.717, 1.165) is 28.5 Å². The molecule has 3 aromatic rings. The number of carbonyl (C=O) groups excluding carboxylic acids is 2. The summed E-state index contributed by atoms with van der Waals surface area (Å²) in [6, 6.07) is 17.0. The maximum Gasteiger partial charge on any atom is 0.304 e. The van der Waals surface area contributed by atoms with Crippen LogP contribution in [-0.4, -0.2) is 53.3 Å². The molecule has 1 aliphatic heterocycles. The van der Waals surface area contributed by atoms with Crippen LogP contribution in [0.5, 0.6) is 0 Å². The fourth-order valence-electron chi connectivity index (χ4n) is 4.76. The van der Waals surface area contributed by atoms with E-state index in [2.05, 4.69) is 15.2 Å². The van der Waals surface area contributed by atoms with Crippen molar-refractivity contribution >= 4 is 28.7 Å². The molecule has 0 aliphatic carbocycles. The first-order valence-corrected chi connectivity index (χ1v) is 12.5. The van der Waals surface area contributed by atoms with Crippen LogP contribution in [-0.2, 0) is 38.5 Å². The van der Waals surface area contributed by atoms with Crippen LogP contribution < -0.4 is 10.6 Å². The first-order chi connectivity index (χ1) is 17.5. The molecule has 8 heteroatoms. The molecule has 3 N–H and O–H groups in total. The van der Waals surface area contributed by atoms with E-state index in [4.69, 9.17) is 4.74 Å². The van der Waals surface area contributed by atoms with Crippen LogP contribution in [0.15, 0.2) is 60.8 Å². The zero-order valence-electron chi connectivity index (χ0n) is 20.3. The van der Waals surface area contributed by atoms with Gasteiger partial charge in [0, 0.05) is 42.5 Å². The van der Waals surface area contributed by atoms with Crippen molar-refractivity contribution in [2.24, 2.45) is 5.92 Å². The highest BCUT2D eigenvalue weighted by Gasteiger charge is 2.28. The molecule has 0 fully saturated rings. The molecule has 0 saturated carbocycles. The SMILES string of the molecule is O=C(O)C[C@@H](CCCc1ccccc1)C(=O)N[C@H]1Cc2cn(c3ccccc23)CCOCCNC1=O. The van der Waals surface area contributed by atoms with E-state index in [-0.39, 0.29) is 12.3 Å². The fourth-order valence-corrected chi connectivity index (χ4v) is 4.76. The van der Waals surface area contributed by atoms with Gasteiger partial charge in [-0.05, 0) is 36.5 Å². The number of para-hydroxylation sites is 1. The molecule has 1 aliphatic rings. The van der Waals surface area contributed by atoms with Gasteiger partial charge < -0.3 is 25.0 Å². The maximum atomic E-state index is 13.3. The summed E-state index contributed by atoms with van der Waals surface area (Å²) in [6.45, 7) is 1.94. The lowest BCUT2D eigenvalue weighted by atomic mass is 9.95. The molecule has 190 valence electrons. The number of rotatable bonds is 8. The Morgan fingerprint density at radius 2 is 1.89 bits per heavy atom. The van der Waals surface area contributed by atoms with Crippen LogP contribution in [0.3, 0.4) is 0 Å². The molecule has 0 spiro atoms. The van der Waals surface area contributed by atoms with Gasteiger partial charge >= 0.3 is 5.97 Å². The number of carbonyl (C=O) groups is 3. The Hall–Kier alpha value is -3.65. The molecule has 36 heavy (non-hydrogen) atoms. The van der Waals surface area contributed by atoms with Crippen molar-refractivity contribution in [1.82, 2.24) is 15.2 Å². The van der Waals surface area contributed by atoms with Crippen molar-refractivity contribution in [3.05, 3.63) is 71.9 Å². The summed E-state index contributed by atoms with van der Waals surface area (Å²) in [6.07, 6.45) is 3.91. The first-order valence-electron chi connectivity index (χ1n) is 12.5. The number of nitrogens with one attached hydrogen (secondary N) is 2. The monoisotopic (exact) mass is 491 g/mol. The molecule has 2 amide bonds. The Kier molecular flexibility index (Phi) is 8.73. The minimum atomic E-state index is -1.03. The lowest BCUT2D eigenvalue weighted by molar-refractivity contribution is -0.141. The van der Waals surface area contributed by atoms with Crippen molar-refractivity contribution in [3.63, 3.8) is 0 Å². The molecule has 0 unspecified atom stereocenters. The van der Waals surface area contributed by atoms with Crippen LogP contribution >= 0.6 is 0 Å². The summed E-state index contributed by atoms with van der Waals surface area (Å²) in [4.78, 5) is 37.8. The molecule has 2 heterocycles. The van der Waals surface area contributed by atoms with E-state index in [9.17, 15) is 19.5 Å². The second kappa shape index (κ2) is 12.4. The normalized spacial score (nSPS) is 17.4. The molecular formula is C28H33N3O5. The second-order valence-electron chi connectivity index (χ2n) is 9.21. The number of hydrogen-bond acceptors (Lipinski definition) is 4. The van der Waals surface area contributed by atoms with Crippen LogP contribution in [0, 0.1) is 5.92 Å². The Morgan fingerprint density at radius 3 is 2.69 bits per heavy atom. The number of carboxylic acids is 1. The van der Waals surface area contributed by atoms with Gasteiger partial charge in [-0.1, -0.05) is 48.5 Å². The Balaban J connectivity index is 1.51. The maximum absolute atomic E-state index is 13.3. The number of benzene rings is 2. The Bertz CT molecular complexity index is 1190. The second-order valence-corrected chi connectivity index (χ2v) is 9.21. The van der Waals surface area contributed by atoms with Crippen molar-refractivity contribution in [2.75, 3.05) is 19.8 Å². The number of ether oxygens (including phenoxy) is 1. The summed E-state index contributed by atoms with van der Waals surface area (Å²) in [5, 5.41) is 16.2. The highest BCUT2D eigenvalue weighted by molar-refractivity contribution is 5.91. The van der Waals surface area contributed by atoms with Gasteiger partial charge in [-0.3, -0.25) is 14.4 Å². The van der Waals surface area contributed by atoms with Gasteiger partial charge in [0.25, 0.3) is 0 Å². The third-order valence-electron chi connectivity index (χ3n) is 6.60. The smallest absolute Gasteiger partial charge is 0.304 e. The number of carboxylic acid groups (broad SMARTS) is 1. The quantitative estimate of drug-likeness (QED) is 0.449. The highest BCUT2D eigenvalue weighted by Crippen LogP contribution is 2.23. The van der Waals surface area contributed by atoms with E-state index in [1.165, 1.54) is 0 Å². The third kappa shape index (κ3) is 6.73. The topological polar surface area (TPSA) is 110 Å². The molecular weight excluding hydrogens is 458 g/mol. The van der Waals surface area contributed by atoms with Crippen molar-refractivity contribution in [2.45, 2.75) is 44.7 Å². The Morgan fingerprint density at radius 1 is 1.11 bits per heavy atom. The molecule has 8 nitrogen and oxygen atoms in total. The zero-order valence-corrected chi connectivity index (χ0v) is 20.3. The van der Waals surface area contributed by atoms with Crippen LogP contribution in [0.25, 0.3) is 10.9 Å². The van der Waals surface area contributed by atoms with Gasteiger partial charge in [0.05, 0.1) is 19.6 Å². The minimum Gasteiger partial charge on any atom is -0.481 e. The summed E-state index contributed by atoms with van der Waals surface area (Å²) >= 11 is 0. The molecule has 2 aromatic carbocycles. The lowest BCUT2D eigenvalue weighted by Gasteiger charge is -2.22. The van der Waals surface area contributed by atoms with E-state index in [0.29, 0.717) is 45.6 Å². The number of amides is 2. The van der Waals surface area contributed by atoms with E-state index in [1.54, 1.807) is 0 Å². The third-order valence-corrected chi connectivity index (χ3v) is 6.60. The average molecular weight is 492 g/mol. The van der Waals surface area contributed by atoms with Gasteiger partial charge in [-0.15, -0.1) is 0 Å². The molecule has 4 rings (SSSR count). The summed E-state index contributed by atoms with van der Waals surface area (Å²) in [5.41, 5.74) is 3.14. The first kappa shape index (κ1) is 25.4. The average Bonchev–Trinajstić information content (AvgIpc) is 3.22. The zero-order chi connectivity index (χ0) is 25.3. The summed E-state index contributed by atoms with van der Waals surface area (Å²) in [5.74, 6) is -2.45. The van der Waals surface area contributed by atoms with Crippen molar-refractivity contribution in [3.8, 4) is 0 Å². The summed E-state index contributed by atoms with van der Waals surface area (Å²) in [7, 11) is 0. The van der Waals surface area contributed by atoms with Crippen LogP contribution in [0.1, 0.15) is 30.4 Å². The predicted octanol–water partition coefficient (Wildman–Crippen LogP) is 2.93. The number of nitrogens with zero attached hydrogens (tertiary/aromatic N) is 1. The summed E-state index contributed by atoms with van der Waals surface area (Å²) < 4.78 is 7.77. The molecule has 0 radical (unpaired) electrons. The number of aromatic nitrogens is 1. The van der Waals surface area contributed by atoms with Crippen molar-refractivity contribution in [1.29, 1.82) is 0 Å². The van der Waals surface area contributed by atoms with Gasteiger partial charge in [0.15, 0.2) is 0 Å². The van der Waals surface area contributed by atoms with E-state index >= 15 is 0 Å². The number of fused-ring (bicyclic) bond motifs is 5. The molecule has 2 atom stereocenters. The highest BCUT2D eigenvalue weighted by atomic mass is 16.5. The van der Waals surface area contributed by atoms with Crippen molar-refractivity contribution < 1.29 is 24.2 Å². The Labute approximate surface area is 210 Å². The molecule has 1 aromatic heterocycles. The molecule has 0 saturated heterocycles.